The van der Waals surface area contributed by atoms with Crippen LogP contribution < -0.4 is 10.1 Å². The molecule has 1 rings (SSSR count). The Bertz CT molecular complexity index is 350. The molecule has 0 amide bonds. The van der Waals surface area contributed by atoms with Gasteiger partial charge in [0.1, 0.15) is 5.75 Å². The molecule has 0 aliphatic rings. The molecule has 16 heavy (non-hydrogen) atoms. The summed E-state index contributed by atoms with van der Waals surface area (Å²) in [5.41, 5.74) is 0.716. The molecule has 3 nitrogen and oxygen atoms in total. The Kier molecular flexibility index (Phi) is 4.99. The maximum atomic E-state index is 12.0. The molecule has 3 heteroatoms. The lowest BCUT2D eigenvalue weighted by molar-refractivity contribution is 0.0929. The summed E-state index contributed by atoms with van der Waals surface area (Å²) >= 11 is 0. The van der Waals surface area contributed by atoms with E-state index in [9.17, 15) is 4.79 Å². The third-order valence-electron chi connectivity index (χ3n) is 2.39. The van der Waals surface area contributed by atoms with E-state index in [0.29, 0.717) is 18.7 Å². The SMILES string of the molecule is CCOc1cccc(C(=O)C(C)CNC)c1. The molecule has 1 atom stereocenters. The maximum Gasteiger partial charge on any atom is 0.167 e. The van der Waals surface area contributed by atoms with Crippen LogP contribution >= 0.6 is 0 Å². The van der Waals surface area contributed by atoms with E-state index in [1.54, 1.807) is 6.07 Å². The van der Waals surface area contributed by atoms with Gasteiger partial charge >= 0.3 is 0 Å². The monoisotopic (exact) mass is 221 g/mol. The Morgan fingerprint density at radius 2 is 2.25 bits per heavy atom. The van der Waals surface area contributed by atoms with Crippen molar-refractivity contribution in [3.63, 3.8) is 0 Å². The first-order valence-electron chi connectivity index (χ1n) is 5.60. The number of hydrogen-bond acceptors (Lipinski definition) is 3. The Hall–Kier alpha value is -1.35. The second-order valence-electron chi connectivity index (χ2n) is 3.78. The highest BCUT2D eigenvalue weighted by Crippen LogP contribution is 2.16. The molecule has 0 radical (unpaired) electrons. The summed E-state index contributed by atoms with van der Waals surface area (Å²) in [6.45, 7) is 5.16. The van der Waals surface area contributed by atoms with E-state index < -0.39 is 0 Å². The Balaban J connectivity index is 2.78. The summed E-state index contributed by atoms with van der Waals surface area (Å²) in [7, 11) is 1.85. The number of carbonyl (C=O) groups is 1. The van der Waals surface area contributed by atoms with Crippen molar-refractivity contribution in [3.8, 4) is 5.75 Å². The van der Waals surface area contributed by atoms with Gasteiger partial charge in [0.2, 0.25) is 0 Å². The van der Waals surface area contributed by atoms with Gasteiger partial charge in [-0.25, -0.2) is 0 Å². The van der Waals surface area contributed by atoms with E-state index in [1.165, 1.54) is 0 Å². The fourth-order valence-electron chi connectivity index (χ4n) is 1.59. The fraction of sp³-hybridized carbons (Fsp3) is 0.462. The van der Waals surface area contributed by atoms with Crippen LogP contribution in [-0.4, -0.2) is 26.0 Å². The molecule has 0 saturated heterocycles. The van der Waals surface area contributed by atoms with E-state index in [4.69, 9.17) is 4.74 Å². The number of Topliss-reactive ketones (excluding diaryl/α,β-unsaturated/α-hetero) is 1. The van der Waals surface area contributed by atoms with Crippen LogP contribution in [0.25, 0.3) is 0 Å². The van der Waals surface area contributed by atoms with Crippen LogP contribution in [0.4, 0.5) is 0 Å². The molecule has 1 aromatic rings. The zero-order chi connectivity index (χ0) is 12.0. The van der Waals surface area contributed by atoms with Crippen molar-refractivity contribution < 1.29 is 9.53 Å². The third kappa shape index (κ3) is 3.35. The zero-order valence-corrected chi connectivity index (χ0v) is 10.1. The minimum atomic E-state index is -0.0122. The second-order valence-corrected chi connectivity index (χ2v) is 3.78. The number of ether oxygens (including phenoxy) is 1. The number of carbonyl (C=O) groups excluding carboxylic acids is 1. The van der Waals surface area contributed by atoms with Crippen LogP contribution in [0.5, 0.6) is 5.75 Å². The molecule has 1 N–H and O–H groups in total. The summed E-state index contributed by atoms with van der Waals surface area (Å²) in [5, 5.41) is 3.01. The number of nitrogens with one attached hydrogen (secondary N) is 1. The highest BCUT2D eigenvalue weighted by atomic mass is 16.5. The van der Waals surface area contributed by atoms with Crippen molar-refractivity contribution in [2.75, 3.05) is 20.2 Å². The summed E-state index contributed by atoms with van der Waals surface area (Å²) in [4.78, 5) is 12.0. The summed E-state index contributed by atoms with van der Waals surface area (Å²) < 4.78 is 5.37. The van der Waals surface area contributed by atoms with Gasteiger partial charge in [-0.15, -0.1) is 0 Å². The number of hydrogen-bond donors (Lipinski definition) is 1. The van der Waals surface area contributed by atoms with Crippen LogP contribution in [0.3, 0.4) is 0 Å². The van der Waals surface area contributed by atoms with Crippen LogP contribution in [0.15, 0.2) is 24.3 Å². The molecule has 0 aromatic heterocycles. The fourth-order valence-corrected chi connectivity index (χ4v) is 1.59. The summed E-state index contributed by atoms with van der Waals surface area (Å²) in [5.74, 6) is 0.891. The van der Waals surface area contributed by atoms with Crippen molar-refractivity contribution in [3.05, 3.63) is 29.8 Å². The predicted molar refractivity (Wildman–Crippen MR) is 65.0 cm³/mol. The highest BCUT2D eigenvalue weighted by Gasteiger charge is 2.14. The smallest absolute Gasteiger partial charge is 0.167 e. The first kappa shape index (κ1) is 12.7. The molecule has 0 aliphatic heterocycles. The lowest BCUT2D eigenvalue weighted by atomic mass is 9.99. The Labute approximate surface area is 96.8 Å². The summed E-state index contributed by atoms with van der Waals surface area (Å²) in [6.07, 6.45) is 0. The molecule has 0 saturated carbocycles. The van der Waals surface area contributed by atoms with E-state index in [-0.39, 0.29) is 11.7 Å². The van der Waals surface area contributed by atoms with Gasteiger partial charge in [0.15, 0.2) is 5.78 Å². The number of benzene rings is 1. The zero-order valence-electron chi connectivity index (χ0n) is 10.1. The minimum Gasteiger partial charge on any atom is -0.494 e. The lowest BCUT2D eigenvalue weighted by Gasteiger charge is -2.10. The van der Waals surface area contributed by atoms with Crippen molar-refractivity contribution >= 4 is 5.78 Å². The molecule has 1 unspecified atom stereocenters. The van der Waals surface area contributed by atoms with E-state index in [2.05, 4.69) is 5.32 Å². The van der Waals surface area contributed by atoms with Crippen LogP contribution in [0.1, 0.15) is 24.2 Å². The molecule has 0 heterocycles. The summed E-state index contributed by atoms with van der Waals surface area (Å²) in [6, 6.07) is 7.35. The van der Waals surface area contributed by atoms with Crippen molar-refractivity contribution in [1.29, 1.82) is 0 Å². The van der Waals surface area contributed by atoms with E-state index in [1.807, 2.05) is 39.1 Å². The van der Waals surface area contributed by atoms with Gasteiger partial charge in [0.25, 0.3) is 0 Å². The Morgan fingerprint density at radius 1 is 1.50 bits per heavy atom. The van der Waals surface area contributed by atoms with Crippen LogP contribution in [-0.2, 0) is 0 Å². The molecule has 0 spiro atoms. The first-order chi connectivity index (χ1) is 7.69. The third-order valence-corrected chi connectivity index (χ3v) is 2.39. The van der Waals surface area contributed by atoms with Crippen LogP contribution in [0.2, 0.25) is 0 Å². The van der Waals surface area contributed by atoms with Gasteiger partial charge in [-0.1, -0.05) is 19.1 Å². The van der Waals surface area contributed by atoms with Gasteiger partial charge in [-0.2, -0.15) is 0 Å². The molecule has 88 valence electrons. The standard InChI is InChI=1S/C13H19NO2/c1-4-16-12-7-5-6-11(8-12)13(15)10(2)9-14-3/h5-8,10,14H,4,9H2,1-3H3. The van der Waals surface area contributed by atoms with Gasteiger partial charge in [0.05, 0.1) is 6.61 Å². The first-order valence-corrected chi connectivity index (χ1v) is 5.60. The van der Waals surface area contributed by atoms with E-state index in [0.717, 1.165) is 5.75 Å². The second kappa shape index (κ2) is 6.28. The van der Waals surface area contributed by atoms with E-state index >= 15 is 0 Å². The number of ketones is 1. The number of rotatable bonds is 6. The largest absolute Gasteiger partial charge is 0.494 e. The van der Waals surface area contributed by atoms with Crippen molar-refractivity contribution in [2.24, 2.45) is 5.92 Å². The topological polar surface area (TPSA) is 38.3 Å². The normalized spacial score (nSPS) is 12.2. The minimum absolute atomic E-state index is 0.0122. The van der Waals surface area contributed by atoms with Crippen LogP contribution in [0, 0.1) is 5.92 Å². The molecule has 0 aliphatic carbocycles. The van der Waals surface area contributed by atoms with Crippen molar-refractivity contribution in [2.45, 2.75) is 13.8 Å². The highest BCUT2D eigenvalue weighted by molar-refractivity contribution is 5.98. The molecular formula is C13H19NO2. The Morgan fingerprint density at radius 3 is 2.88 bits per heavy atom. The molecule has 1 aromatic carbocycles. The van der Waals surface area contributed by atoms with Gasteiger partial charge in [-0.3, -0.25) is 4.79 Å². The average Bonchev–Trinajstić information content (AvgIpc) is 2.29. The maximum absolute atomic E-state index is 12.0. The van der Waals surface area contributed by atoms with Gasteiger partial charge < -0.3 is 10.1 Å². The lowest BCUT2D eigenvalue weighted by Crippen LogP contribution is -2.23. The van der Waals surface area contributed by atoms with Gasteiger partial charge in [-0.05, 0) is 26.1 Å². The molecule has 0 bridgehead atoms. The molecule has 0 fully saturated rings. The average molecular weight is 221 g/mol. The predicted octanol–water partition coefficient (Wildman–Crippen LogP) is 2.12. The molecular weight excluding hydrogens is 202 g/mol. The van der Waals surface area contributed by atoms with Gasteiger partial charge in [0, 0.05) is 18.0 Å². The van der Waals surface area contributed by atoms with Crippen molar-refractivity contribution in [1.82, 2.24) is 5.32 Å². The quantitative estimate of drug-likeness (QED) is 0.748.